The maximum atomic E-state index is 13.0. The molecule has 0 unspecified atom stereocenters. The maximum Gasteiger partial charge on any atom is 0.225 e. The molecule has 0 fully saturated rings. The minimum absolute atomic E-state index is 0.0853. The van der Waals surface area contributed by atoms with Crippen molar-refractivity contribution in [2.75, 3.05) is 25.0 Å². The summed E-state index contributed by atoms with van der Waals surface area (Å²) in [6.07, 6.45) is 2.30. The third-order valence-corrected chi connectivity index (χ3v) is 3.58. The normalized spacial score (nSPS) is 11.1. The largest absolute Gasteiger partial charge is 0.395 e. The first kappa shape index (κ1) is 17.6. The lowest BCUT2D eigenvalue weighted by Gasteiger charge is -2.29. The lowest BCUT2D eigenvalue weighted by atomic mass is 10.1. The Morgan fingerprint density at radius 2 is 2.05 bits per heavy atom. The van der Waals surface area contributed by atoms with Crippen molar-refractivity contribution in [1.29, 1.82) is 0 Å². The summed E-state index contributed by atoms with van der Waals surface area (Å²) in [7, 11) is 0. The van der Waals surface area contributed by atoms with Gasteiger partial charge in [-0.1, -0.05) is 19.9 Å². The SMILES string of the molecule is CCC(CC)N(CCO)CCC(=O)Nc1cccc(F)c1. The van der Waals surface area contributed by atoms with Crippen LogP contribution in [0.25, 0.3) is 0 Å². The van der Waals surface area contributed by atoms with Gasteiger partial charge in [-0.2, -0.15) is 0 Å². The van der Waals surface area contributed by atoms with Gasteiger partial charge in [0, 0.05) is 31.2 Å². The zero-order valence-electron chi connectivity index (χ0n) is 12.8. The van der Waals surface area contributed by atoms with Crippen LogP contribution in [0.15, 0.2) is 24.3 Å². The minimum atomic E-state index is -0.369. The summed E-state index contributed by atoms with van der Waals surface area (Å²) in [5.41, 5.74) is 0.469. The fourth-order valence-corrected chi connectivity index (χ4v) is 2.45. The number of hydrogen-bond acceptors (Lipinski definition) is 3. The summed E-state index contributed by atoms with van der Waals surface area (Å²) in [5.74, 6) is -0.513. The number of aliphatic hydroxyl groups excluding tert-OH is 1. The molecular formula is C16H25FN2O2. The zero-order valence-corrected chi connectivity index (χ0v) is 12.8. The van der Waals surface area contributed by atoms with Crippen molar-refractivity contribution < 1.29 is 14.3 Å². The molecule has 0 aromatic heterocycles. The minimum Gasteiger partial charge on any atom is -0.395 e. The predicted octanol–water partition coefficient (Wildman–Crippen LogP) is 2.64. The molecule has 21 heavy (non-hydrogen) atoms. The van der Waals surface area contributed by atoms with Crippen LogP contribution in [-0.4, -0.2) is 41.7 Å². The van der Waals surface area contributed by atoms with Gasteiger partial charge in [-0.15, -0.1) is 0 Å². The highest BCUT2D eigenvalue weighted by Gasteiger charge is 2.15. The molecule has 2 N–H and O–H groups in total. The Morgan fingerprint density at radius 3 is 2.62 bits per heavy atom. The Morgan fingerprint density at radius 1 is 1.33 bits per heavy atom. The monoisotopic (exact) mass is 296 g/mol. The average Bonchev–Trinajstić information content (AvgIpc) is 2.46. The van der Waals surface area contributed by atoms with Crippen LogP contribution in [0.4, 0.5) is 10.1 Å². The van der Waals surface area contributed by atoms with E-state index >= 15 is 0 Å². The highest BCUT2D eigenvalue weighted by Crippen LogP contribution is 2.11. The van der Waals surface area contributed by atoms with Gasteiger partial charge < -0.3 is 10.4 Å². The number of carbonyl (C=O) groups excluding carboxylic acids is 1. The Bertz CT molecular complexity index is 436. The van der Waals surface area contributed by atoms with E-state index in [1.54, 1.807) is 12.1 Å². The van der Waals surface area contributed by atoms with Crippen LogP contribution in [0.5, 0.6) is 0 Å². The quantitative estimate of drug-likeness (QED) is 0.736. The third kappa shape index (κ3) is 6.23. The van der Waals surface area contributed by atoms with E-state index in [1.165, 1.54) is 12.1 Å². The molecule has 1 aromatic rings. The van der Waals surface area contributed by atoms with Crippen molar-refractivity contribution in [3.63, 3.8) is 0 Å². The lowest BCUT2D eigenvalue weighted by Crippen LogP contribution is -2.38. The first-order valence-corrected chi connectivity index (χ1v) is 7.51. The topological polar surface area (TPSA) is 52.6 Å². The van der Waals surface area contributed by atoms with Crippen LogP contribution in [0.1, 0.15) is 33.1 Å². The summed E-state index contributed by atoms with van der Waals surface area (Å²) < 4.78 is 13.0. The number of nitrogens with zero attached hydrogens (tertiary/aromatic N) is 1. The van der Waals surface area contributed by atoms with Crippen molar-refractivity contribution in [2.24, 2.45) is 0 Å². The van der Waals surface area contributed by atoms with Crippen LogP contribution in [0.2, 0.25) is 0 Å². The van der Waals surface area contributed by atoms with Gasteiger partial charge in [0.15, 0.2) is 0 Å². The number of nitrogens with one attached hydrogen (secondary N) is 1. The second-order valence-corrected chi connectivity index (χ2v) is 5.04. The number of carbonyl (C=O) groups is 1. The molecule has 0 atom stereocenters. The Kier molecular flexibility index (Phi) is 7.93. The maximum absolute atomic E-state index is 13.0. The van der Waals surface area contributed by atoms with Gasteiger partial charge in [-0.25, -0.2) is 4.39 Å². The molecule has 0 aliphatic carbocycles. The lowest BCUT2D eigenvalue weighted by molar-refractivity contribution is -0.116. The van der Waals surface area contributed by atoms with Crippen LogP contribution < -0.4 is 5.32 Å². The molecule has 0 radical (unpaired) electrons. The molecule has 0 aliphatic heterocycles. The Hall–Kier alpha value is -1.46. The molecule has 5 heteroatoms. The molecule has 1 rings (SSSR count). The predicted molar refractivity (Wildman–Crippen MR) is 82.7 cm³/mol. The number of amides is 1. The van der Waals surface area contributed by atoms with Gasteiger partial charge in [-0.05, 0) is 31.0 Å². The van der Waals surface area contributed by atoms with Crippen LogP contribution in [0.3, 0.4) is 0 Å². The van der Waals surface area contributed by atoms with E-state index < -0.39 is 0 Å². The molecule has 0 saturated carbocycles. The Labute approximate surface area is 126 Å². The van der Waals surface area contributed by atoms with Gasteiger partial charge in [0.25, 0.3) is 0 Å². The van der Waals surface area contributed by atoms with Crippen LogP contribution in [-0.2, 0) is 4.79 Å². The molecule has 0 spiro atoms. The summed E-state index contributed by atoms with van der Waals surface area (Å²) in [6, 6.07) is 6.23. The van der Waals surface area contributed by atoms with Gasteiger partial charge in [0.2, 0.25) is 5.91 Å². The van der Waals surface area contributed by atoms with Crippen LogP contribution >= 0.6 is 0 Å². The molecule has 0 bridgehead atoms. The second-order valence-electron chi connectivity index (χ2n) is 5.04. The summed E-state index contributed by atoms with van der Waals surface area (Å²) in [5, 5.41) is 11.8. The van der Waals surface area contributed by atoms with Crippen LogP contribution in [0, 0.1) is 5.82 Å². The number of rotatable bonds is 9. The summed E-state index contributed by atoms with van der Waals surface area (Å²) in [4.78, 5) is 14.0. The van der Waals surface area contributed by atoms with Gasteiger partial charge in [0.1, 0.15) is 5.82 Å². The molecule has 0 aliphatic rings. The van der Waals surface area contributed by atoms with Crippen molar-refractivity contribution in [3.05, 3.63) is 30.1 Å². The number of aliphatic hydroxyl groups is 1. The molecule has 4 nitrogen and oxygen atoms in total. The number of anilines is 1. The molecule has 0 heterocycles. The van der Waals surface area contributed by atoms with Crippen molar-refractivity contribution in [1.82, 2.24) is 4.90 Å². The zero-order chi connectivity index (χ0) is 15.7. The highest BCUT2D eigenvalue weighted by molar-refractivity contribution is 5.90. The number of halogens is 1. The van der Waals surface area contributed by atoms with Crippen molar-refractivity contribution in [2.45, 2.75) is 39.2 Å². The van der Waals surface area contributed by atoms with E-state index in [-0.39, 0.29) is 18.3 Å². The van der Waals surface area contributed by atoms with Gasteiger partial charge in [-0.3, -0.25) is 9.69 Å². The van der Waals surface area contributed by atoms with Crippen molar-refractivity contribution in [3.8, 4) is 0 Å². The van der Waals surface area contributed by atoms with E-state index in [4.69, 9.17) is 5.11 Å². The third-order valence-electron chi connectivity index (χ3n) is 3.58. The second kappa shape index (κ2) is 9.47. The van der Waals surface area contributed by atoms with Crippen molar-refractivity contribution >= 4 is 11.6 Å². The van der Waals surface area contributed by atoms with E-state index in [2.05, 4.69) is 24.1 Å². The molecular weight excluding hydrogens is 271 g/mol. The van der Waals surface area contributed by atoms with Gasteiger partial charge in [0.05, 0.1) is 6.61 Å². The number of benzene rings is 1. The molecule has 1 aromatic carbocycles. The highest BCUT2D eigenvalue weighted by atomic mass is 19.1. The van der Waals surface area contributed by atoms with E-state index in [1.807, 2.05) is 0 Å². The average molecular weight is 296 g/mol. The van der Waals surface area contributed by atoms with E-state index in [0.717, 1.165) is 12.8 Å². The van der Waals surface area contributed by atoms with E-state index in [9.17, 15) is 9.18 Å². The van der Waals surface area contributed by atoms with E-state index in [0.29, 0.717) is 31.2 Å². The number of hydrogen-bond donors (Lipinski definition) is 2. The first-order chi connectivity index (χ1) is 10.1. The fourth-order valence-electron chi connectivity index (χ4n) is 2.45. The smallest absolute Gasteiger partial charge is 0.225 e. The Balaban J connectivity index is 2.49. The summed E-state index contributed by atoms with van der Waals surface area (Å²) >= 11 is 0. The molecule has 0 saturated heterocycles. The molecule has 118 valence electrons. The van der Waals surface area contributed by atoms with Gasteiger partial charge >= 0.3 is 0 Å². The first-order valence-electron chi connectivity index (χ1n) is 7.51. The fraction of sp³-hybridized carbons (Fsp3) is 0.562. The summed E-state index contributed by atoms with van der Waals surface area (Å²) in [6.45, 7) is 5.45. The standard InChI is InChI=1S/C16H25FN2O2/c1-3-15(4-2)19(10-11-20)9-8-16(21)18-14-7-5-6-13(17)12-14/h5-7,12,15,20H,3-4,8-11H2,1-2H3,(H,18,21). The molecule has 1 amide bonds.